The number of ether oxygens (including phenoxy) is 2. The molecule has 0 amide bonds. The third kappa shape index (κ3) is 5.82. The highest BCUT2D eigenvalue weighted by Crippen LogP contribution is 2.29. The first-order valence-corrected chi connectivity index (χ1v) is 8.65. The number of rotatable bonds is 9. The number of hydrogen-bond acceptors (Lipinski definition) is 3. The average molecular weight is 342 g/mol. The van der Waals surface area contributed by atoms with Crippen molar-refractivity contribution < 1.29 is 19.4 Å². The summed E-state index contributed by atoms with van der Waals surface area (Å²) in [5.41, 5.74) is 1.90. The maximum Gasteiger partial charge on any atom is 0.339 e. The van der Waals surface area contributed by atoms with Crippen LogP contribution in [0.2, 0.25) is 0 Å². The van der Waals surface area contributed by atoms with Gasteiger partial charge in [-0.15, -0.1) is 0 Å². The Morgan fingerprint density at radius 3 is 2.48 bits per heavy atom. The highest BCUT2D eigenvalue weighted by Gasteiger charge is 2.17. The third-order valence-corrected chi connectivity index (χ3v) is 3.92. The molecular formula is C21H26O4. The summed E-state index contributed by atoms with van der Waals surface area (Å²) in [7, 11) is 0. The lowest BCUT2D eigenvalue weighted by Crippen LogP contribution is -2.08. The molecule has 134 valence electrons. The second-order valence-corrected chi connectivity index (χ2v) is 6.58. The first kappa shape index (κ1) is 18.8. The van der Waals surface area contributed by atoms with Crippen molar-refractivity contribution in [2.45, 2.75) is 40.2 Å². The number of benzene rings is 2. The van der Waals surface area contributed by atoms with Gasteiger partial charge in [-0.1, -0.05) is 44.2 Å². The number of aromatic carboxylic acids is 1. The van der Waals surface area contributed by atoms with Crippen molar-refractivity contribution in [3.05, 3.63) is 59.2 Å². The van der Waals surface area contributed by atoms with E-state index in [2.05, 4.69) is 13.8 Å². The largest absolute Gasteiger partial charge is 0.493 e. The minimum atomic E-state index is -0.981. The maximum atomic E-state index is 11.6. The van der Waals surface area contributed by atoms with Gasteiger partial charge >= 0.3 is 5.97 Å². The summed E-state index contributed by atoms with van der Waals surface area (Å²) in [6.45, 7) is 7.01. The van der Waals surface area contributed by atoms with Crippen LogP contribution < -0.4 is 9.47 Å². The van der Waals surface area contributed by atoms with Gasteiger partial charge in [0.2, 0.25) is 0 Å². The smallest absolute Gasteiger partial charge is 0.339 e. The molecule has 0 aliphatic rings. The number of carboxylic acid groups (broad SMARTS) is 1. The van der Waals surface area contributed by atoms with Gasteiger partial charge in [-0.25, -0.2) is 4.79 Å². The fourth-order valence-corrected chi connectivity index (χ4v) is 2.61. The molecule has 25 heavy (non-hydrogen) atoms. The molecule has 4 heteroatoms. The molecule has 0 aromatic heterocycles. The first-order valence-electron chi connectivity index (χ1n) is 8.65. The van der Waals surface area contributed by atoms with E-state index in [1.54, 1.807) is 19.1 Å². The van der Waals surface area contributed by atoms with E-state index in [1.807, 2.05) is 30.3 Å². The summed E-state index contributed by atoms with van der Waals surface area (Å²) in [6, 6.07) is 13.3. The Balaban J connectivity index is 2.11. The Hall–Kier alpha value is -2.49. The quantitative estimate of drug-likeness (QED) is 0.645. The second kappa shape index (κ2) is 9.11. The molecule has 0 saturated carbocycles. The SMILES string of the molecule is Cc1cc(OCc2ccccc2)cc(OCCCC(C)C)c1C(=O)O. The summed E-state index contributed by atoms with van der Waals surface area (Å²) in [5, 5.41) is 9.47. The van der Waals surface area contributed by atoms with E-state index in [0.717, 1.165) is 18.4 Å². The van der Waals surface area contributed by atoms with Crippen LogP contribution in [0, 0.1) is 12.8 Å². The van der Waals surface area contributed by atoms with E-state index in [4.69, 9.17) is 9.47 Å². The monoisotopic (exact) mass is 342 g/mol. The van der Waals surface area contributed by atoms with Gasteiger partial charge in [0, 0.05) is 6.07 Å². The highest BCUT2D eigenvalue weighted by atomic mass is 16.5. The minimum Gasteiger partial charge on any atom is -0.493 e. The molecule has 0 atom stereocenters. The number of carbonyl (C=O) groups is 1. The van der Waals surface area contributed by atoms with Gasteiger partial charge in [-0.2, -0.15) is 0 Å². The number of hydrogen-bond donors (Lipinski definition) is 1. The van der Waals surface area contributed by atoms with E-state index >= 15 is 0 Å². The lowest BCUT2D eigenvalue weighted by molar-refractivity contribution is 0.0691. The van der Waals surface area contributed by atoms with Crippen molar-refractivity contribution in [1.29, 1.82) is 0 Å². The fraction of sp³-hybridized carbons (Fsp3) is 0.381. The Labute approximate surface area is 149 Å². The molecule has 0 aliphatic heterocycles. The predicted octanol–water partition coefficient (Wildman–Crippen LogP) is 5.09. The third-order valence-electron chi connectivity index (χ3n) is 3.92. The zero-order valence-corrected chi connectivity index (χ0v) is 15.1. The van der Waals surface area contributed by atoms with Crippen molar-refractivity contribution in [1.82, 2.24) is 0 Å². The average Bonchev–Trinajstić information content (AvgIpc) is 2.57. The molecule has 0 bridgehead atoms. The van der Waals surface area contributed by atoms with Crippen molar-refractivity contribution in [3.63, 3.8) is 0 Å². The van der Waals surface area contributed by atoms with Gasteiger partial charge in [0.15, 0.2) is 0 Å². The Kier molecular flexibility index (Phi) is 6.87. The van der Waals surface area contributed by atoms with Crippen LogP contribution in [0.15, 0.2) is 42.5 Å². The van der Waals surface area contributed by atoms with Crippen LogP contribution in [0.25, 0.3) is 0 Å². The molecule has 0 aliphatic carbocycles. The van der Waals surface area contributed by atoms with Crippen molar-refractivity contribution in [2.75, 3.05) is 6.61 Å². The molecule has 0 saturated heterocycles. The van der Waals surface area contributed by atoms with E-state index < -0.39 is 5.97 Å². The molecule has 0 spiro atoms. The number of aryl methyl sites for hydroxylation is 1. The molecule has 2 aromatic carbocycles. The first-order chi connectivity index (χ1) is 12.0. The minimum absolute atomic E-state index is 0.205. The van der Waals surface area contributed by atoms with Crippen LogP contribution in [-0.4, -0.2) is 17.7 Å². The van der Waals surface area contributed by atoms with Crippen molar-refractivity contribution in [3.8, 4) is 11.5 Å². The predicted molar refractivity (Wildman–Crippen MR) is 98.5 cm³/mol. The molecule has 2 rings (SSSR count). The van der Waals surface area contributed by atoms with Crippen LogP contribution in [0.4, 0.5) is 0 Å². The summed E-state index contributed by atoms with van der Waals surface area (Å²) in [4.78, 5) is 11.6. The van der Waals surface area contributed by atoms with E-state index in [1.165, 1.54) is 0 Å². The van der Waals surface area contributed by atoms with Gasteiger partial charge in [0.05, 0.1) is 6.61 Å². The molecule has 0 unspecified atom stereocenters. The van der Waals surface area contributed by atoms with Crippen LogP contribution in [0.5, 0.6) is 11.5 Å². The van der Waals surface area contributed by atoms with E-state index in [0.29, 0.717) is 36.2 Å². The molecule has 2 aromatic rings. The molecule has 0 heterocycles. The van der Waals surface area contributed by atoms with Gasteiger partial charge in [0.25, 0.3) is 0 Å². The van der Waals surface area contributed by atoms with Crippen molar-refractivity contribution in [2.24, 2.45) is 5.92 Å². The number of carboxylic acids is 1. The fourth-order valence-electron chi connectivity index (χ4n) is 2.61. The lowest BCUT2D eigenvalue weighted by atomic mass is 10.1. The molecular weight excluding hydrogens is 316 g/mol. The summed E-state index contributed by atoms with van der Waals surface area (Å²) in [6.07, 6.45) is 1.94. The second-order valence-electron chi connectivity index (χ2n) is 6.58. The van der Waals surface area contributed by atoms with Crippen LogP contribution in [-0.2, 0) is 6.61 Å². The van der Waals surface area contributed by atoms with Crippen LogP contribution in [0.1, 0.15) is 48.2 Å². The Bertz CT molecular complexity index is 693. The van der Waals surface area contributed by atoms with Crippen molar-refractivity contribution >= 4 is 5.97 Å². The lowest BCUT2D eigenvalue weighted by Gasteiger charge is -2.15. The zero-order chi connectivity index (χ0) is 18.2. The molecule has 0 fully saturated rings. The molecule has 1 N–H and O–H groups in total. The van der Waals surface area contributed by atoms with E-state index in [9.17, 15) is 9.90 Å². The van der Waals surface area contributed by atoms with Crippen LogP contribution in [0.3, 0.4) is 0 Å². The summed E-state index contributed by atoms with van der Waals surface area (Å²) >= 11 is 0. The molecule has 4 nitrogen and oxygen atoms in total. The van der Waals surface area contributed by atoms with Gasteiger partial charge in [0.1, 0.15) is 23.7 Å². The highest BCUT2D eigenvalue weighted by molar-refractivity contribution is 5.93. The molecule has 0 radical (unpaired) electrons. The van der Waals surface area contributed by atoms with Gasteiger partial charge in [-0.3, -0.25) is 0 Å². The van der Waals surface area contributed by atoms with Gasteiger partial charge < -0.3 is 14.6 Å². The Morgan fingerprint density at radius 2 is 1.84 bits per heavy atom. The normalized spacial score (nSPS) is 10.7. The Morgan fingerprint density at radius 1 is 1.12 bits per heavy atom. The maximum absolute atomic E-state index is 11.6. The van der Waals surface area contributed by atoms with Gasteiger partial charge in [-0.05, 0) is 42.9 Å². The zero-order valence-electron chi connectivity index (χ0n) is 15.1. The standard InChI is InChI=1S/C21H26O4/c1-15(2)8-7-11-24-19-13-18(12-16(3)20(19)21(22)23)25-14-17-9-5-4-6-10-17/h4-6,9-10,12-13,15H,7-8,11,14H2,1-3H3,(H,22,23). The summed E-state index contributed by atoms with van der Waals surface area (Å²) in [5.74, 6) is 0.611. The van der Waals surface area contributed by atoms with Crippen LogP contribution >= 0.6 is 0 Å². The summed E-state index contributed by atoms with van der Waals surface area (Å²) < 4.78 is 11.6. The van der Waals surface area contributed by atoms with E-state index in [-0.39, 0.29) is 5.56 Å². The topological polar surface area (TPSA) is 55.8 Å².